The second-order valence-electron chi connectivity index (χ2n) is 6.69. The largest absolute Gasteiger partial charge is 0.399 e. The Kier molecular flexibility index (Phi) is 6.12. The predicted molar refractivity (Wildman–Crippen MR) is 109 cm³/mol. The highest BCUT2D eigenvalue weighted by Gasteiger charge is 2.18. The smallest absolute Gasteiger partial charge is 0.224 e. The summed E-state index contributed by atoms with van der Waals surface area (Å²) >= 11 is 0. The van der Waals surface area contributed by atoms with Gasteiger partial charge < -0.3 is 20.9 Å². The summed E-state index contributed by atoms with van der Waals surface area (Å²) in [4.78, 5) is 17.3. The molecule has 0 spiro atoms. The standard InChI is InChI=1S/C21H28N4O/c1-2-24-13-15-25(16-14-24)20-10-6-5-9-19(20)23-21(26)12-11-17-7-3-4-8-18(17)22/h3-10H,2,11-16,22H2,1H3,(H,23,26). The summed E-state index contributed by atoms with van der Waals surface area (Å²) in [5.74, 6) is 0.0212. The Morgan fingerprint density at radius 3 is 2.46 bits per heavy atom. The van der Waals surface area contributed by atoms with Gasteiger partial charge >= 0.3 is 0 Å². The summed E-state index contributed by atoms with van der Waals surface area (Å²) in [6.07, 6.45) is 1.07. The topological polar surface area (TPSA) is 61.6 Å². The number of amides is 1. The van der Waals surface area contributed by atoms with E-state index in [0.29, 0.717) is 12.8 Å². The number of hydrogen-bond donors (Lipinski definition) is 2. The van der Waals surface area contributed by atoms with Crippen molar-refractivity contribution < 1.29 is 4.79 Å². The highest BCUT2D eigenvalue weighted by molar-refractivity contribution is 5.94. The number of piperazine rings is 1. The lowest BCUT2D eigenvalue weighted by atomic mass is 10.1. The maximum absolute atomic E-state index is 12.5. The lowest BCUT2D eigenvalue weighted by molar-refractivity contribution is -0.116. The molecule has 3 rings (SSSR count). The number of anilines is 3. The fourth-order valence-electron chi connectivity index (χ4n) is 3.38. The SMILES string of the molecule is CCN1CCN(c2ccccc2NC(=O)CCc2ccccc2N)CC1. The number of hydrogen-bond acceptors (Lipinski definition) is 4. The predicted octanol–water partition coefficient (Wildman–Crippen LogP) is 2.98. The van der Waals surface area contributed by atoms with Gasteiger partial charge in [-0.05, 0) is 36.7 Å². The fourth-order valence-corrected chi connectivity index (χ4v) is 3.38. The Morgan fingerprint density at radius 2 is 1.73 bits per heavy atom. The molecule has 1 heterocycles. The van der Waals surface area contributed by atoms with E-state index >= 15 is 0 Å². The van der Waals surface area contributed by atoms with Crippen LogP contribution in [0.25, 0.3) is 0 Å². The lowest BCUT2D eigenvalue weighted by Crippen LogP contribution is -2.46. The molecule has 0 radical (unpaired) electrons. The van der Waals surface area contributed by atoms with Gasteiger partial charge in [-0.15, -0.1) is 0 Å². The van der Waals surface area contributed by atoms with Crippen LogP contribution in [0.3, 0.4) is 0 Å². The number of likely N-dealkylation sites (N-methyl/N-ethyl adjacent to an activating group) is 1. The van der Waals surface area contributed by atoms with Gasteiger partial charge in [-0.25, -0.2) is 0 Å². The van der Waals surface area contributed by atoms with Crippen LogP contribution in [0.2, 0.25) is 0 Å². The van der Waals surface area contributed by atoms with Crippen LogP contribution < -0.4 is 16.0 Å². The van der Waals surface area contributed by atoms with Crippen LogP contribution in [0.1, 0.15) is 18.9 Å². The Hall–Kier alpha value is -2.53. The number of para-hydroxylation sites is 3. The van der Waals surface area contributed by atoms with E-state index in [1.165, 1.54) is 0 Å². The summed E-state index contributed by atoms with van der Waals surface area (Å²) in [5.41, 5.74) is 9.73. The maximum Gasteiger partial charge on any atom is 0.224 e. The van der Waals surface area contributed by atoms with E-state index in [9.17, 15) is 4.79 Å². The molecule has 2 aromatic carbocycles. The Labute approximate surface area is 155 Å². The minimum absolute atomic E-state index is 0.0212. The first kappa shape index (κ1) is 18.3. The van der Waals surface area contributed by atoms with Crippen molar-refractivity contribution in [3.63, 3.8) is 0 Å². The van der Waals surface area contributed by atoms with Gasteiger partial charge in [0.2, 0.25) is 5.91 Å². The summed E-state index contributed by atoms with van der Waals surface area (Å²) in [6.45, 7) is 7.39. The number of nitrogens with one attached hydrogen (secondary N) is 1. The molecule has 3 N–H and O–H groups in total. The third-order valence-electron chi connectivity index (χ3n) is 5.01. The van der Waals surface area contributed by atoms with Gasteiger partial charge in [0.25, 0.3) is 0 Å². The van der Waals surface area contributed by atoms with Crippen LogP contribution in [-0.2, 0) is 11.2 Å². The quantitative estimate of drug-likeness (QED) is 0.785. The maximum atomic E-state index is 12.5. The average Bonchev–Trinajstić information content (AvgIpc) is 2.68. The average molecular weight is 352 g/mol. The van der Waals surface area contributed by atoms with Crippen molar-refractivity contribution in [1.29, 1.82) is 0 Å². The van der Waals surface area contributed by atoms with E-state index in [1.807, 2.05) is 42.5 Å². The molecule has 138 valence electrons. The van der Waals surface area contributed by atoms with E-state index < -0.39 is 0 Å². The fraction of sp³-hybridized carbons (Fsp3) is 0.381. The Balaban J connectivity index is 1.61. The third kappa shape index (κ3) is 4.55. The van der Waals surface area contributed by atoms with Crippen molar-refractivity contribution >= 4 is 23.0 Å². The van der Waals surface area contributed by atoms with Crippen molar-refractivity contribution in [2.45, 2.75) is 19.8 Å². The third-order valence-corrected chi connectivity index (χ3v) is 5.01. The number of rotatable bonds is 6. The molecule has 0 unspecified atom stereocenters. The van der Waals surface area contributed by atoms with E-state index in [-0.39, 0.29) is 5.91 Å². The van der Waals surface area contributed by atoms with Gasteiger partial charge in [0.05, 0.1) is 11.4 Å². The number of nitrogens with zero attached hydrogens (tertiary/aromatic N) is 2. The Bertz CT molecular complexity index is 738. The van der Waals surface area contributed by atoms with E-state index in [1.54, 1.807) is 0 Å². The van der Waals surface area contributed by atoms with Crippen molar-refractivity contribution in [2.75, 3.05) is 48.7 Å². The van der Waals surface area contributed by atoms with Gasteiger partial charge in [0, 0.05) is 38.3 Å². The van der Waals surface area contributed by atoms with Crippen molar-refractivity contribution in [2.24, 2.45) is 0 Å². The number of benzene rings is 2. The Morgan fingerprint density at radius 1 is 1.04 bits per heavy atom. The van der Waals surface area contributed by atoms with Crippen LogP contribution in [0.15, 0.2) is 48.5 Å². The first-order chi connectivity index (χ1) is 12.7. The van der Waals surface area contributed by atoms with E-state index in [0.717, 1.165) is 55.3 Å². The molecule has 1 aliphatic heterocycles. The number of carbonyl (C=O) groups excluding carboxylic acids is 1. The molecule has 0 saturated carbocycles. The van der Waals surface area contributed by atoms with Crippen molar-refractivity contribution in [3.05, 3.63) is 54.1 Å². The van der Waals surface area contributed by atoms with Crippen molar-refractivity contribution in [3.8, 4) is 0 Å². The molecule has 0 aliphatic carbocycles. The molecule has 1 fully saturated rings. The second-order valence-corrected chi connectivity index (χ2v) is 6.69. The first-order valence-electron chi connectivity index (χ1n) is 9.37. The first-order valence-corrected chi connectivity index (χ1v) is 9.37. The van der Waals surface area contributed by atoms with Crippen LogP contribution in [0.5, 0.6) is 0 Å². The van der Waals surface area contributed by atoms with Gasteiger partial charge in [-0.3, -0.25) is 4.79 Å². The molecule has 1 saturated heterocycles. The highest BCUT2D eigenvalue weighted by atomic mass is 16.1. The molecule has 1 amide bonds. The van der Waals surface area contributed by atoms with Crippen LogP contribution in [-0.4, -0.2) is 43.5 Å². The number of carbonyl (C=O) groups is 1. The van der Waals surface area contributed by atoms with Crippen LogP contribution >= 0.6 is 0 Å². The lowest BCUT2D eigenvalue weighted by Gasteiger charge is -2.36. The summed E-state index contributed by atoms with van der Waals surface area (Å²) < 4.78 is 0. The van der Waals surface area contributed by atoms with Crippen LogP contribution in [0.4, 0.5) is 17.1 Å². The molecule has 0 atom stereocenters. The van der Waals surface area contributed by atoms with Crippen molar-refractivity contribution in [1.82, 2.24) is 4.90 Å². The van der Waals surface area contributed by atoms with E-state index in [4.69, 9.17) is 5.73 Å². The summed E-state index contributed by atoms with van der Waals surface area (Å²) in [7, 11) is 0. The molecular formula is C21H28N4O. The molecule has 0 aromatic heterocycles. The molecular weight excluding hydrogens is 324 g/mol. The molecule has 26 heavy (non-hydrogen) atoms. The zero-order valence-electron chi connectivity index (χ0n) is 15.4. The van der Waals surface area contributed by atoms with Crippen LogP contribution in [0, 0.1) is 0 Å². The monoisotopic (exact) mass is 352 g/mol. The minimum atomic E-state index is 0.0212. The van der Waals surface area contributed by atoms with Gasteiger partial charge in [-0.2, -0.15) is 0 Å². The molecule has 5 nitrogen and oxygen atoms in total. The summed E-state index contributed by atoms with van der Waals surface area (Å²) in [6, 6.07) is 15.8. The second kappa shape index (κ2) is 8.72. The van der Waals surface area contributed by atoms with Gasteiger partial charge in [0.1, 0.15) is 0 Å². The molecule has 1 aliphatic rings. The molecule has 2 aromatic rings. The van der Waals surface area contributed by atoms with E-state index in [2.05, 4.69) is 28.1 Å². The van der Waals surface area contributed by atoms with Gasteiger partial charge in [0.15, 0.2) is 0 Å². The number of aryl methyl sites for hydroxylation is 1. The molecule has 5 heteroatoms. The minimum Gasteiger partial charge on any atom is -0.399 e. The highest BCUT2D eigenvalue weighted by Crippen LogP contribution is 2.27. The molecule has 0 bridgehead atoms. The summed E-state index contributed by atoms with van der Waals surface area (Å²) in [5, 5.41) is 3.09. The number of nitrogens with two attached hydrogens (primary N) is 1. The van der Waals surface area contributed by atoms with Gasteiger partial charge in [-0.1, -0.05) is 37.3 Å². The zero-order chi connectivity index (χ0) is 18.4. The zero-order valence-corrected chi connectivity index (χ0v) is 15.4. The number of nitrogen functional groups attached to an aromatic ring is 1. The normalized spacial score (nSPS) is 15.0.